The van der Waals surface area contributed by atoms with Crippen LogP contribution in [0, 0.1) is 0 Å². The van der Waals surface area contributed by atoms with E-state index in [2.05, 4.69) is 25.9 Å². The van der Waals surface area contributed by atoms with E-state index in [-0.39, 0.29) is 6.10 Å². The number of rotatable bonds is 6. The van der Waals surface area contributed by atoms with Crippen LogP contribution in [-0.4, -0.2) is 22.7 Å². The zero-order valence-electron chi connectivity index (χ0n) is 13.3. The number of hydrogen-bond donors (Lipinski definition) is 1. The first-order valence-corrected chi connectivity index (χ1v) is 8.42. The predicted molar refractivity (Wildman–Crippen MR) is 97.2 cm³/mol. The molecule has 6 heteroatoms. The average Bonchev–Trinajstić information content (AvgIpc) is 2.60. The lowest BCUT2D eigenvalue weighted by Crippen LogP contribution is -2.21. The number of nitrogens with two attached hydrogens (primary N) is 1. The number of benzene rings is 1. The lowest BCUT2D eigenvalue weighted by Gasteiger charge is -2.16. The van der Waals surface area contributed by atoms with E-state index in [4.69, 9.17) is 15.2 Å². The third-order valence-electron chi connectivity index (χ3n) is 3.45. The Hall–Kier alpha value is -2.18. The molecule has 0 amide bonds. The molecule has 0 aliphatic carbocycles. The highest BCUT2D eigenvalue weighted by Gasteiger charge is 2.07. The molecule has 0 bridgehead atoms. The van der Waals surface area contributed by atoms with Crippen LogP contribution in [0.4, 0.5) is 0 Å². The molecule has 24 heavy (non-hydrogen) atoms. The fourth-order valence-electron chi connectivity index (χ4n) is 2.28. The van der Waals surface area contributed by atoms with Gasteiger partial charge in [0.05, 0.1) is 17.9 Å². The van der Waals surface area contributed by atoms with Gasteiger partial charge in [-0.1, -0.05) is 15.9 Å². The monoisotopic (exact) mass is 387 g/mol. The van der Waals surface area contributed by atoms with E-state index in [9.17, 15) is 0 Å². The van der Waals surface area contributed by atoms with Gasteiger partial charge in [0.1, 0.15) is 24.2 Å². The summed E-state index contributed by atoms with van der Waals surface area (Å²) in [5, 5.41) is 1.02. The van der Waals surface area contributed by atoms with Crippen LogP contribution in [0.3, 0.4) is 0 Å². The first kappa shape index (κ1) is 16.7. The van der Waals surface area contributed by atoms with E-state index >= 15 is 0 Å². The molecule has 0 fully saturated rings. The SMILES string of the molecule is C[C@@H](COc1cncc(CN)c1)Oc1cnc2ccc(Br)cc2c1. The Bertz CT molecular complexity index is 841. The van der Waals surface area contributed by atoms with Crippen molar-refractivity contribution < 1.29 is 9.47 Å². The summed E-state index contributed by atoms with van der Waals surface area (Å²) in [5.41, 5.74) is 7.47. The number of halogens is 1. The molecule has 0 spiro atoms. The molecular formula is C18H18BrN3O2. The van der Waals surface area contributed by atoms with Crippen molar-refractivity contribution in [1.82, 2.24) is 9.97 Å². The molecule has 0 unspecified atom stereocenters. The second-order valence-electron chi connectivity index (χ2n) is 5.48. The van der Waals surface area contributed by atoms with Crippen LogP contribution >= 0.6 is 15.9 Å². The number of hydrogen-bond acceptors (Lipinski definition) is 5. The molecule has 124 valence electrons. The van der Waals surface area contributed by atoms with E-state index in [1.165, 1.54) is 0 Å². The number of nitrogens with zero attached hydrogens (tertiary/aromatic N) is 2. The van der Waals surface area contributed by atoms with Crippen molar-refractivity contribution in [2.75, 3.05) is 6.61 Å². The lowest BCUT2D eigenvalue weighted by molar-refractivity contribution is 0.142. The smallest absolute Gasteiger partial charge is 0.138 e. The average molecular weight is 388 g/mol. The third kappa shape index (κ3) is 4.21. The highest BCUT2D eigenvalue weighted by atomic mass is 79.9. The second-order valence-corrected chi connectivity index (χ2v) is 6.40. The fraction of sp³-hybridized carbons (Fsp3) is 0.222. The Labute approximate surface area is 149 Å². The minimum Gasteiger partial charge on any atom is -0.488 e. The highest BCUT2D eigenvalue weighted by Crippen LogP contribution is 2.23. The first-order chi connectivity index (χ1) is 11.6. The Balaban J connectivity index is 1.62. The molecule has 1 atom stereocenters. The van der Waals surface area contributed by atoms with Crippen LogP contribution in [0.25, 0.3) is 10.9 Å². The van der Waals surface area contributed by atoms with Gasteiger partial charge >= 0.3 is 0 Å². The normalized spacial score (nSPS) is 12.1. The van der Waals surface area contributed by atoms with Crippen molar-refractivity contribution in [3.05, 3.63) is 59.0 Å². The van der Waals surface area contributed by atoms with Crippen molar-refractivity contribution in [2.45, 2.75) is 19.6 Å². The first-order valence-electron chi connectivity index (χ1n) is 7.63. The van der Waals surface area contributed by atoms with Crippen LogP contribution in [-0.2, 0) is 6.54 Å². The van der Waals surface area contributed by atoms with Crippen molar-refractivity contribution in [2.24, 2.45) is 5.73 Å². The van der Waals surface area contributed by atoms with Gasteiger partial charge in [-0.3, -0.25) is 9.97 Å². The van der Waals surface area contributed by atoms with Crippen molar-refractivity contribution in [3.8, 4) is 11.5 Å². The Morgan fingerprint density at radius 3 is 2.83 bits per heavy atom. The summed E-state index contributed by atoms with van der Waals surface area (Å²) in [4.78, 5) is 8.51. The predicted octanol–water partition coefficient (Wildman–Crippen LogP) is 3.70. The Kier molecular flexibility index (Phi) is 5.27. The molecule has 3 rings (SSSR count). The molecule has 3 aromatic rings. The maximum absolute atomic E-state index is 5.89. The summed E-state index contributed by atoms with van der Waals surface area (Å²) in [6.45, 7) is 2.80. The largest absolute Gasteiger partial charge is 0.488 e. The molecule has 2 heterocycles. The van der Waals surface area contributed by atoms with Gasteiger partial charge in [0.15, 0.2) is 0 Å². The van der Waals surface area contributed by atoms with Gasteiger partial charge in [-0.2, -0.15) is 0 Å². The minimum absolute atomic E-state index is 0.127. The van der Waals surface area contributed by atoms with E-state index in [1.54, 1.807) is 18.6 Å². The summed E-state index contributed by atoms with van der Waals surface area (Å²) < 4.78 is 12.6. The molecule has 0 saturated carbocycles. The summed E-state index contributed by atoms with van der Waals surface area (Å²) >= 11 is 3.47. The molecule has 5 nitrogen and oxygen atoms in total. The van der Waals surface area contributed by atoms with Crippen LogP contribution in [0.1, 0.15) is 12.5 Å². The zero-order valence-corrected chi connectivity index (χ0v) is 14.9. The second kappa shape index (κ2) is 7.59. The molecule has 0 radical (unpaired) electrons. The quantitative estimate of drug-likeness (QED) is 0.698. The molecular weight excluding hydrogens is 370 g/mol. The Morgan fingerprint density at radius 2 is 2.00 bits per heavy atom. The maximum atomic E-state index is 5.89. The number of aromatic nitrogens is 2. The third-order valence-corrected chi connectivity index (χ3v) is 3.94. The standard InChI is InChI=1S/C18H18BrN3O2/c1-12(11-23-16-4-13(7-20)8-21-9-16)24-17-6-14-5-15(19)2-3-18(14)22-10-17/h2-6,8-10,12H,7,11,20H2,1H3/t12-/m0/s1. The fourth-order valence-corrected chi connectivity index (χ4v) is 2.66. The molecule has 2 aromatic heterocycles. The van der Waals surface area contributed by atoms with Gasteiger partial charge in [0, 0.05) is 22.6 Å². The van der Waals surface area contributed by atoms with Gasteiger partial charge in [-0.15, -0.1) is 0 Å². The van der Waals surface area contributed by atoms with Crippen LogP contribution in [0.2, 0.25) is 0 Å². The van der Waals surface area contributed by atoms with Crippen molar-refractivity contribution in [3.63, 3.8) is 0 Å². The van der Waals surface area contributed by atoms with E-state index in [1.807, 2.05) is 37.3 Å². The van der Waals surface area contributed by atoms with Gasteiger partial charge in [0.25, 0.3) is 0 Å². The van der Waals surface area contributed by atoms with Gasteiger partial charge in [0.2, 0.25) is 0 Å². The summed E-state index contributed by atoms with van der Waals surface area (Å²) in [6.07, 6.45) is 4.99. The van der Waals surface area contributed by atoms with Gasteiger partial charge < -0.3 is 15.2 Å². The minimum atomic E-state index is -0.127. The van der Waals surface area contributed by atoms with Crippen molar-refractivity contribution >= 4 is 26.8 Å². The highest BCUT2D eigenvalue weighted by molar-refractivity contribution is 9.10. The molecule has 0 aliphatic rings. The lowest BCUT2D eigenvalue weighted by atomic mass is 10.2. The van der Waals surface area contributed by atoms with E-state index in [0.717, 1.165) is 20.9 Å². The summed E-state index contributed by atoms with van der Waals surface area (Å²) in [5.74, 6) is 1.40. The Morgan fingerprint density at radius 1 is 1.12 bits per heavy atom. The van der Waals surface area contributed by atoms with Gasteiger partial charge in [-0.05, 0) is 42.8 Å². The molecule has 0 aliphatic heterocycles. The summed E-state index contributed by atoms with van der Waals surface area (Å²) in [7, 11) is 0. The number of fused-ring (bicyclic) bond motifs is 1. The number of pyridine rings is 2. The zero-order chi connectivity index (χ0) is 16.9. The van der Waals surface area contributed by atoms with Gasteiger partial charge in [-0.25, -0.2) is 0 Å². The topological polar surface area (TPSA) is 70.3 Å². The van der Waals surface area contributed by atoms with Crippen LogP contribution in [0.15, 0.2) is 53.4 Å². The number of ether oxygens (including phenoxy) is 2. The van der Waals surface area contributed by atoms with E-state index in [0.29, 0.717) is 24.7 Å². The van der Waals surface area contributed by atoms with Crippen LogP contribution in [0.5, 0.6) is 11.5 Å². The summed E-state index contributed by atoms with van der Waals surface area (Å²) in [6, 6.07) is 9.80. The van der Waals surface area contributed by atoms with Crippen LogP contribution < -0.4 is 15.2 Å². The van der Waals surface area contributed by atoms with E-state index < -0.39 is 0 Å². The molecule has 2 N–H and O–H groups in total. The molecule has 1 aromatic carbocycles. The van der Waals surface area contributed by atoms with Crippen molar-refractivity contribution in [1.29, 1.82) is 0 Å². The maximum Gasteiger partial charge on any atom is 0.138 e. The molecule has 0 saturated heterocycles.